The van der Waals surface area contributed by atoms with E-state index in [1.165, 1.54) is 16.4 Å². The number of Topliss-reactive ketones (excluding diaryl/α,β-unsaturated/α-hetero) is 1. The normalized spacial score (nSPS) is 20.6. The summed E-state index contributed by atoms with van der Waals surface area (Å²) in [6, 6.07) is 6.30. The van der Waals surface area contributed by atoms with E-state index in [-0.39, 0.29) is 11.5 Å². The molecule has 4 nitrogen and oxygen atoms in total. The molecule has 1 heterocycles. The Morgan fingerprint density at radius 1 is 1.10 bits per heavy atom. The standard InChI is InChI=1S/C15H13NO3S2/c17-14-11(3-6-13(14)15-20-7-8-21-15)9-10-1-4-12(5-2-10)16(18)19/h1-2,4-5,9H,3,6-8H2/b11-9+. The summed E-state index contributed by atoms with van der Waals surface area (Å²) in [6.07, 6.45) is 3.42. The topological polar surface area (TPSA) is 60.2 Å². The number of nitro groups is 1. The highest BCUT2D eigenvalue weighted by atomic mass is 32.2. The van der Waals surface area contributed by atoms with Gasteiger partial charge in [0.05, 0.1) is 4.92 Å². The van der Waals surface area contributed by atoms with Crippen molar-refractivity contribution < 1.29 is 9.72 Å². The summed E-state index contributed by atoms with van der Waals surface area (Å²) in [5.74, 6) is 2.31. The lowest BCUT2D eigenvalue weighted by Gasteiger charge is -2.00. The smallest absolute Gasteiger partial charge is 0.269 e. The Morgan fingerprint density at radius 3 is 2.38 bits per heavy atom. The van der Waals surface area contributed by atoms with Gasteiger partial charge in [-0.25, -0.2) is 0 Å². The van der Waals surface area contributed by atoms with Crippen molar-refractivity contribution in [2.45, 2.75) is 12.8 Å². The van der Waals surface area contributed by atoms with Gasteiger partial charge in [-0.15, -0.1) is 23.5 Å². The van der Waals surface area contributed by atoms with Crippen molar-refractivity contribution >= 4 is 41.1 Å². The largest absolute Gasteiger partial charge is 0.289 e. The number of allylic oxidation sites excluding steroid dienone is 2. The summed E-state index contributed by atoms with van der Waals surface area (Å²) in [4.78, 5) is 22.6. The van der Waals surface area contributed by atoms with Crippen molar-refractivity contribution in [1.29, 1.82) is 0 Å². The van der Waals surface area contributed by atoms with Crippen molar-refractivity contribution in [3.8, 4) is 0 Å². The molecule has 21 heavy (non-hydrogen) atoms. The van der Waals surface area contributed by atoms with E-state index in [0.717, 1.165) is 41.1 Å². The van der Waals surface area contributed by atoms with E-state index < -0.39 is 4.92 Å². The molecule has 0 radical (unpaired) electrons. The lowest BCUT2D eigenvalue weighted by atomic mass is 10.1. The van der Waals surface area contributed by atoms with Gasteiger partial charge < -0.3 is 0 Å². The third-order valence-corrected chi connectivity index (χ3v) is 6.25. The number of carbonyl (C=O) groups excluding carboxylic acids is 1. The van der Waals surface area contributed by atoms with E-state index in [1.807, 2.05) is 6.08 Å². The molecule has 3 rings (SSSR count). The minimum atomic E-state index is -0.422. The minimum Gasteiger partial charge on any atom is -0.289 e. The molecule has 0 N–H and O–H groups in total. The Labute approximate surface area is 130 Å². The molecular weight excluding hydrogens is 306 g/mol. The molecule has 0 unspecified atom stereocenters. The summed E-state index contributed by atoms with van der Waals surface area (Å²) >= 11 is 3.55. The highest BCUT2D eigenvalue weighted by Crippen LogP contribution is 2.43. The number of ketones is 1. The van der Waals surface area contributed by atoms with Gasteiger partial charge >= 0.3 is 0 Å². The van der Waals surface area contributed by atoms with Crippen molar-refractivity contribution in [3.05, 3.63) is 55.3 Å². The summed E-state index contributed by atoms with van der Waals surface area (Å²) < 4.78 is 1.19. The molecule has 1 saturated heterocycles. The van der Waals surface area contributed by atoms with E-state index in [9.17, 15) is 14.9 Å². The average Bonchev–Trinajstić information content (AvgIpc) is 3.10. The third kappa shape index (κ3) is 3.06. The van der Waals surface area contributed by atoms with E-state index in [2.05, 4.69) is 0 Å². The molecule has 6 heteroatoms. The highest BCUT2D eigenvalue weighted by Gasteiger charge is 2.28. The second-order valence-corrected chi connectivity index (χ2v) is 7.28. The van der Waals surface area contributed by atoms with Crippen LogP contribution in [0.5, 0.6) is 0 Å². The fourth-order valence-electron chi connectivity index (χ4n) is 2.39. The molecule has 108 valence electrons. The quantitative estimate of drug-likeness (QED) is 0.468. The molecule has 0 bridgehead atoms. The van der Waals surface area contributed by atoms with Gasteiger partial charge in [0.2, 0.25) is 0 Å². The van der Waals surface area contributed by atoms with Gasteiger partial charge in [0, 0.05) is 39.0 Å². The summed E-state index contributed by atoms with van der Waals surface area (Å²) in [5, 5.41) is 10.6. The van der Waals surface area contributed by atoms with Crippen molar-refractivity contribution in [2.75, 3.05) is 11.5 Å². The molecule has 1 aromatic carbocycles. The molecule has 0 amide bonds. The van der Waals surface area contributed by atoms with Crippen LogP contribution in [-0.2, 0) is 4.79 Å². The fraction of sp³-hybridized carbons (Fsp3) is 0.267. The first-order valence-corrected chi connectivity index (χ1v) is 8.61. The number of hydrogen-bond acceptors (Lipinski definition) is 5. The Bertz CT molecular complexity index is 654. The molecular formula is C15H13NO3S2. The van der Waals surface area contributed by atoms with Gasteiger partial charge in [-0.1, -0.05) is 0 Å². The molecule has 1 saturated carbocycles. The lowest BCUT2D eigenvalue weighted by Crippen LogP contribution is -1.96. The number of benzene rings is 1. The maximum absolute atomic E-state index is 12.4. The number of nitrogens with zero attached hydrogens (tertiary/aromatic N) is 1. The second kappa shape index (κ2) is 6.07. The van der Waals surface area contributed by atoms with Crippen LogP contribution in [0, 0.1) is 10.1 Å². The van der Waals surface area contributed by atoms with Crippen LogP contribution in [0.2, 0.25) is 0 Å². The molecule has 1 aliphatic heterocycles. The second-order valence-electron chi connectivity index (χ2n) is 4.81. The zero-order chi connectivity index (χ0) is 14.8. The van der Waals surface area contributed by atoms with Crippen molar-refractivity contribution in [3.63, 3.8) is 0 Å². The van der Waals surface area contributed by atoms with Crippen LogP contribution in [0.3, 0.4) is 0 Å². The monoisotopic (exact) mass is 319 g/mol. The lowest BCUT2D eigenvalue weighted by molar-refractivity contribution is -0.384. The van der Waals surface area contributed by atoms with Crippen molar-refractivity contribution in [1.82, 2.24) is 0 Å². The number of rotatable bonds is 2. The van der Waals surface area contributed by atoms with Gasteiger partial charge in [0.15, 0.2) is 5.78 Å². The number of carbonyl (C=O) groups is 1. The van der Waals surface area contributed by atoms with E-state index in [1.54, 1.807) is 35.7 Å². The van der Waals surface area contributed by atoms with E-state index >= 15 is 0 Å². The first kappa shape index (κ1) is 14.4. The molecule has 2 fully saturated rings. The third-order valence-electron chi connectivity index (χ3n) is 3.45. The Balaban J connectivity index is 1.82. The Hall–Kier alpha value is -1.53. The predicted molar refractivity (Wildman–Crippen MR) is 87.3 cm³/mol. The summed E-state index contributed by atoms with van der Waals surface area (Å²) in [5.41, 5.74) is 2.66. The maximum Gasteiger partial charge on any atom is 0.269 e. The maximum atomic E-state index is 12.4. The van der Waals surface area contributed by atoms with E-state index in [4.69, 9.17) is 0 Å². The van der Waals surface area contributed by atoms with Crippen LogP contribution in [-0.4, -0.2) is 22.2 Å². The summed E-state index contributed by atoms with van der Waals surface area (Å²) in [7, 11) is 0. The fourth-order valence-corrected chi connectivity index (χ4v) is 5.00. The average molecular weight is 319 g/mol. The summed E-state index contributed by atoms with van der Waals surface area (Å²) in [6.45, 7) is 0. The van der Waals surface area contributed by atoms with Crippen LogP contribution in [0.1, 0.15) is 18.4 Å². The van der Waals surface area contributed by atoms with Gasteiger partial charge in [0.1, 0.15) is 0 Å². The Kier molecular flexibility index (Phi) is 4.17. The zero-order valence-electron chi connectivity index (χ0n) is 11.2. The molecule has 2 aliphatic rings. The van der Waals surface area contributed by atoms with Gasteiger partial charge in [-0.2, -0.15) is 0 Å². The minimum absolute atomic E-state index is 0.0662. The van der Waals surface area contributed by atoms with Crippen LogP contribution >= 0.6 is 23.5 Å². The molecule has 1 aromatic rings. The van der Waals surface area contributed by atoms with Gasteiger partial charge in [-0.05, 0) is 36.6 Å². The number of hydrogen-bond donors (Lipinski definition) is 0. The number of nitro benzene ring substituents is 1. The first-order chi connectivity index (χ1) is 10.1. The highest BCUT2D eigenvalue weighted by molar-refractivity contribution is 8.25. The van der Waals surface area contributed by atoms with Crippen LogP contribution < -0.4 is 0 Å². The molecule has 0 spiro atoms. The number of non-ortho nitro benzene ring substituents is 1. The van der Waals surface area contributed by atoms with Gasteiger partial charge in [0.25, 0.3) is 5.69 Å². The van der Waals surface area contributed by atoms with Crippen molar-refractivity contribution in [2.24, 2.45) is 0 Å². The number of thioether (sulfide) groups is 2. The van der Waals surface area contributed by atoms with Crippen LogP contribution in [0.25, 0.3) is 6.08 Å². The molecule has 1 aliphatic carbocycles. The first-order valence-electron chi connectivity index (χ1n) is 6.63. The predicted octanol–water partition coefficient (Wildman–Crippen LogP) is 4.03. The van der Waals surface area contributed by atoms with Crippen LogP contribution in [0.15, 0.2) is 39.6 Å². The van der Waals surface area contributed by atoms with Crippen LogP contribution in [0.4, 0.5) is 5.69 Å². The SMILES string of the molecule is O=C1C(=C2SCCS2)CC/C1=C\c1ccc([N+](=O)[O-])cc1. The molecule has 0 atom stereocenters. The molecule has 0 aromatic heterocycles. The van der Waals surface area contributed by atoms with E-state index in [0.29, 0.717) is 0 Å². The van der Waals surface area contributed by atoms with Gasteiger partial charge in [-0.3, -0.25) is 14.9 Å². The zero-order valence-corrected chi connectivity index (χ0v) is 12.8. The Morgan fingerprint density at radius 2 is 1.76 bits per heavy atom.